The summed E-state index contributed by atoms with van der Waals surface area (Å²) >= 11 is 0. The highest BCUT2D eigenvalue weighted by Crippen LogP contribution is 2.39. The molecule has 9 rings (SSSR count). The lowest BCUT2D eigenvalue weighted by molar-refractivity contribution is -0.385. The minimum Gasteiger partial charge on any atom is -0.354 e. The van der Waals surface area contributed by atoms with E-state index in [1.165, 1.54) is 48.5 Å². The van der Waals surface area contributed by atoms with E-state index in [9.17, 15) is 40.5 Å². The first-order chi connectivity index (χ1) is 29.0. The highest BCUT2D eigenvalue weighted by Gasteiger charge is 2.21. The molecule has 0 radical (unpaired) electrons. The van der Waals surface area contributed by atoms with Gasteiger partial charge < -0.3 is 9.97 Å². The number of nitrogens with one attached hydrogen (secondary N) is 2. The summed E-state index contributed by atoms with van der Waals surface area (Å²) in [6.07, 6.45) is 7.28. The molecule has 290 valence electrons. The number of benzene rings is 4. The number of fused-ring (bicyclic) bond motifs is 8. The molecule has 5 heterocycles. The van der Waals surface area contributed by atoms with Crippen molar-refractivity contribution in [2.75, 3.05) is 0 Å². The summed E-state index contributed by atoms with van der Waals surface area (Å²) in [5.74, 6) is 0. The molecule has 0 spiro atoms. The topological polar surface area (TPSA) is 230 Å². The van der Waals surface area contributed by atoms with Crippen LogP contribution in [0, 0.1) is 40.5 Å². The van der Waals surface area contributed by atoms with E-state index in [0.29, 0.717) is 89.4 Å². The molecule has 60 heavy (non-hydrogen) atoms. The number of nitro groups is 4. The fourth-order valence-electron chi connectivity index (χ4n) is 7.42. The molecule has 8 bridgehead atoms. The van der Waals surface area contributed by atoms with Crippen molar-refractivity contribution in [1.82, 2.24) is 19.9 Å². The summed E-state index contributed by atoms with van der Waals surface area (Å²) in [4.78, 5) is 61.8. The number of non-ortho nitro benzene ring substituents is 4. The van der Waals surface area contributed by atoms with Crippen molar-refractivity contribution in [1.29, 1.82) is 0 Å². The summed E-state index contributed by atoms with van der Waals surface area (Å²) in [5, 5.41) is 46.5. The van der Waals surface area contributed by atoms with Crippen molar-refractivity contribution < 1.29 is 19.7 Å². The van der Waals surface area contributed by atoms with Gasteiger partial charge in [0.05, 0.1) is 42.5 Å². The first-order valence-electron chi connectivity index (χ1n) is 18.2. The number of hydrogen-bond acceptors (Lipinski definition) is 10. The van der Waals surface area contributed by atoms with Gasteiger partial charge in [0, 0.05) is 92.9 Å². The van der Waals surface area contributed by atoms with Crippen LogP contribution in [0.4, 0.5) is 22.7 Å². The van der Waals surface area contributed by atoms with Crippen molar-refractivity contribution in [3.63, 3.8) is 0 Å². The van der Waals surface area contributed by atoms with Crippen LogP contribution in [0.25, 0.3) is 90.9 Å². The second kappa shape index (κ2) is 14.5. The Bertz CT molecular complexity index is 2770. The van der Waals surface area contributed by atoms with E-state index >= 15 is 0 Å². The van der Waals surface area contributed by atoms with Gasteiger partial charge in [0.25, 0.3) is 22.7 Å². The largest absolute Gasteiger partial charge is 0.354 e. The second-order valence-corrected chi connectivity index (χ2v) is 13.7. The van der Waals surface area contributed by atoms with Crippen LogP contribution in [0.2, 0.25) is 0 Å². The molecule has 0 saturated heterocycles. The number of H-pyrrole nitrogens is 2. The molecule has 2 aliphatic heterocycles. The third-order valence-corrected chi connectivity index (χ3v) is 10.2. The van der Waals surface area contributed by atoms with Gasteiger partial charge in [-0.1, -0.05) is 0 Å². The Labute approximate surface area is 337 Å². The monoisotopic (exact) mass is 794 g/mol. The van der Waals surface area contributed by atoms with Crippen LogP contribution in [-0.2, 0) is 0 Å². The van der Waals surface area contributed by atoms with E-state index in [2.05, 4.69) is 9.97 Å². The minimum absolute atomic E-state index is 0.0935. The number of nitro benzene ring substituents is 4. The van der Waals surface area contributed by atoms with E-state index in [1.807, 2.05) is 48.6 Å². The van der Waals surface area contributed by atoms with Gasteiger partial charge in [0.2, 0.25) is 0 Å². The minimum atomic E-state index is -0.480. The van der Waals surface area contributed by atoms with Crippen LogP contribution in [-0.4, -0.2) is 39.6 Å². The third kappa shape index (κ3) is 6.60. The zero-order valence-electron chi connectivity index (χ0n) is 30.8. The van der Waals surface area contributed by atoms with Gasteiger partial charge in [-0.3, -0.25) is 40.5 Å². The Morgan fingerprint density at radius 3 is 0.700 bits per heavy atom. The fraction of sp³-hybridized carbons (Fsp3) is 0. The summed E-state index contributed by atoms with van der Waals surface area (Å²) in [6, 6.07) is 31.8. The van der Waals surface area contributed by atoms with Gasteiger partial charge in [-0.15, -0.1) is 0 Å². The summed E-state index contributed by atoms with van der Waals surface area (Å²) in [6.45, 7) is 0. The molecular weight excluding hydrogens is 769 g/mol. The highest BCUT2D eigenvalue weighted by molar-refractivity contribution is 6.00. The lowest BCUT2D eigenvalue weighted by Gasteiger charge is -2.07. The smallest absolute Gasteiger partial charge is 0.269 e. The van der Waals surface area contributed by atoms with Gasteiger partial charge in [0.15, 0.2) is 0 Å². The molecule has 0 unspecified atom stereocenters. The Hall–Kier alpha value is -8.92. The number of aromatic nitrogens is 4. The van der Waals surface area contributed by atoms with Crippen molar-refractivity contribution >= 4 is 69.1 Å². The zero-order chi connectivity index (χ0) is 41.7. The standard InChI is InChI=1S/C44H26N8O8/c53-49(54)29-9-1-25(2-10-29)41-33-17-19-35(45-33)42(26-3-11-30(12-4-26)50(55)56)37-21-23-39(47-37)44(28-7-15-32(16-8-28)52(59)60)40-24-22-38(48-40)43(36-20-18-34(41)46-36)27-5-13-31(14-6-27)51(57)58/h1-24,45,48H. The molecule has 3 aromatic heterocycles. The quantitative estimate of drug-likeness (QED) is 0.109. The first kappa shape index (κ1) is 36.7. The molecule has 2 N–H and O–H groups in total. The predicted molar refractivity (Wildman–Crippen MR) is 227 cm³/mol. The molecular formula is C44H26N8O8. The molecule has 0 aliphatic carbocycles. The van der Waals surface area contributed by atoms with Gasteiger partial charge >= 0.3 is 0 Å². The maximum Gasteiger partial charge on any atom is 0.269 e. The number of nitrogens with zero attached hydrogens (tertiary/aromatic N) is 6. The zero-order valence-corrected chi connectivity index (χ0v) is 30.8. The number of aromatic amines is 2. The third-order valence-electron chi connectivity index (χ3n) is 10.2. The predicted octanol–water partition coefficient (Wildman–Crippen LogP) is 11.0. The highest BCUT2D eigenvalue weighted by atomic mass is 16.6. The van der Waals surface area contributed by atoms with Crippen LogP contribution in [0.3, 0.4) is 0 Å². The van der Waals surface area contributed by atoms with E-state index in [-0.39, 0.29) is 22.7 Å². The van der Waals surface area contributed by atoms with Crippen LogP contribution >= 0.6 is 0 Å². The summed E-state index contributed by atoms with van der Waals surface area (Å²) < 4.78 is 0. The van der Waals surface area contributed by atoms with Crippen LogP contribution in [0.1, 0.15) is 22.8 Å². The fourth-order valence-corrected chi connectivity index (χ4v) is 7.42. The first-order valence-corrected chi connectivity index (χ1v) is 18.2. The van der Waals surface area contributed by atoms with Crippen molar-refractivity contribution in [3.05, 3.63) is 185 Å². The van der Waals surface area contributed by atoms with Gasteiger partial charge in [0.1, 0.15) is 0 Å². The summed E-state index contributed by atoms with van der Waals surface area (Å²) in [5.41, 5.74) is 8.95. The van der Waals surface area contributed by atoms with Gasteiger partial charge in [-0.05, 0) is 119 Å². The normalized spacial score (nSPS) is 11.7. The van der Waals surface area contributed by atoms with E-state index in [0.717, 1.165) is 0 Å². The van der Waals surface area contributed by atoms with Crippen LogP contribution in [0.15, 0.2) is 121 Å². The molecule has 7 aromatic rings. The lowest BCUT2D eigenvalue weighted by atomic mass is 10.0. The molecule has 4 aromatic carbocycles. The van der Waals surface area contributed by atoms with Crippen molar-refractivity contribution in [2.24, 2.45) is 0 Å². The second-order valence-electron chi connectivity index (χ2n) is 13.7. The number of hydrogen-bond donors (Lipinski definition) is 2. The Kier molecular flexibility index (Phi) is 8.90. The van der Waals surface area contributed by atoms with E-state index in [4.69, 9.17) is 9.97 Å². The summed E-state index contributed by atoms with van der Waals surface area (Å²) in [7, 11) is 0. The molecule has 0 amide bonds. The number of rotatable bonds is 8. The average molecular weight is 795 g/mol. The maximum atomic E-state index is 11.6. The Morgan fingerprint density at radius 2 is 0.517 bits per heavy atom. The molecule has 0 atom stereocenters. The lowest BCUT2D eigenvalue weighted by Crippen LogP contribution is -1.92. The molecule has 2 aliphatic rings. The molecule has 0 saturated carbocycles. The maximum absolute atomic E-state index is 11.6. The van der Waals surface area contributed by atoms with Crippen molar-refractivity contribution in [2.45, 2.75) is 0 Å². The molecule has 16 nitrogen and oxygen atoms in total. The van der Waals surface area contributed by atoms with Gasteiger partial charge in [-0.25, -0.2) is 9.97 Å². The van der Waals surface area contributed by atoms with Crippen LogP contribution in [0.5, 0.6) is 0 Å². The molecule has 0 fully saturated rings. The molecule has 16 heteroatoms. The van der Waals surface area contributed by atoms with Crippen LogP contribution < -0.4 is 0 Å². The average Bonchev–Trinajstić information content (AvgIpc) is 4.10. The Balaban J connectivity index is 1.43. The van der Waals surface area contributed by atoms with Crippen molar-refractivity contribution in [3.8, 4) is 44.5 Å². The Morgan fingerprint density at radius 1 is 0.317 bits per heavy atom. The van der Waals surface area contributed by atoms with E-state index < -0.39 is 19.7 Å². The van der Waals surface area contributed by atoms with Gasteiger partial charge in [-0.2, -0.15) is 0 Å². The van der Waals surface area contributed by atoms with E-state index in [1.54, 1.807) is 48.5 Å². The SMILES string of the molecule is O=[N+]([O-])c1ccc(-c2c3nc(c(-c4ccc([N+](=O)[O-])cc4)c4ccc([nH]4)c(-c4ccc([N+](=O)[O-])cc4)c4nc(c(-c5ccc([N+](=O)[O-])cc5)c5ccc2[nH]5)C=C4)C=C3)cc1.